The zero-order valence-corrected chi connectivity index (χ0v) is 19.2. The van der Waals surface area contributed by atoms with Crippen LogP contribution in [0.5, 0.6) is 0 Å². The summed E-state index contributed by atoms with van der Waals surface area (Å²) in [5.74, 6) is 0.872. The average Bonchev–Trinajstić information content (AvgIpc) is 3.46. The van der Waals surface area contributed by atoms with E-state index in [4.69, 9.17) is 0 Å². The Morgan fingerprint density at radius 1 is 1.07 bits per heavy atom. The first-order chi connectivity index (χ1) is 14.7. The smallest absolute Gasteiger partial charge is 0.191 e. The lowest BCUT2D eigenvalue weighted by atomic mass is 10.1. The Balaban J connectivity index is 1.20. The van der Waals surface area contributed by atoms with Gasteiger partial charge in [-0.2, -0.15) is 0 Å². The van der Waals surface area contributed by atoms with E-state index in [1.807, 2.05) is 18.4 Å². The van der Waals surface area contributed by atoms with E-state index >= 15 is 0 Å². The first-order valence-electron chi connectivity index (χ1n) is 11.3. The van der Waals surface area contributed by atoms with E-state index in [-0.39, 0.29) is 0 Å². The van der Waals surface area contributed by atoms with Crippen LogP contribution in [0.15, 0.2) is 40.7 Å². The summed E-state index contributed by atoms with van der Waals surface area (Å²) in [7, 11) is 1.84. The van der Waals surface area contributed by atoms with Crippen LogP contribution in [0.25, 0.3) is 0 Å². The number of thiophene rings is 1. The van der Waals surface area contributed by atoms with Crippen molar-refractivity contribution in [2.45, 2.75) is 51.9 Å². The number of nitrogens with one attached hydrogen (secondary N) is 2. The highest BCUT2D eigenvalue weighted by molar-refractivity contribution is 7.10. The lowest BCUT2D eigenvalue weighted by Crippen LogP contribution is -2.47. The van der Waals surface area contributed by atoms with Gasteiger partial charge < -0.3 is 10.6 Å². The van der Waals surface area contributed by atoms with Crippen LogP contribution in [-0.2, 0) is 26.1 Å². The minimum Gasteiger partial charge on any atom is -0.355 e. The molecule has 2 aromatic rings. The number of fused-ring (bicyclic) bond motifs is 1. The molecule has 30 heavy (non-hydrogen) atoms. The van der Waals surface area contributed by atoms with Crippen LogP contribution in [-0.4, -0.2) is 55.0 Å². The van der Waals surface area contributed by atoms with E-state index in [1.165, 1.54) is 49.0 Å². The maximum absolute atomic E-state index is 4.40. The quantitative estimate of drug-likeness (QED) is 0.527. The molecule has 0 spiro atoms. The average molecular weight is 426 g/mol. The van der Waals surface area contributed by atoms with Crippen molar-refractivity contribution >= 4 is 17.3 Å². The maximum atomic E-state index is 4.40. The Morgan fingerprint density at radius 3 is 2.60 bits per heavy atom. The predicted octanol–water partition coefficient (Wildman–Crippen LogP) is 3.46. The lowest BCUT2D eigenvalue weighted by Gasteiger charge is -2.32. The molecule has 0 bridgehead atoms. The Hall–Kier alpha value is -1.89. The molecule has 2 aliphatic heterocycles. The summed E-state index contributed by atoms with van der Waals surface area (Å²) < 4.78 is 0. The summed E-state index contributed by atoms with van der Waals surface area (Å²) in [5, 5.41) is 9.19. The Bertz CT molecular complexity index is 822. The predicted molar refractivity (Wildman–Crippen MR) is 127 cm³/mol. The summed E-state index contributed by atoms with van der Waals surface area (Å²) in [5.41, 5.74) is 4.21. The number of rotatable bonds is 7. The number of likely N-dealkylation sites (tertiary alicyclic amines) is 1. The van der Waals surface area contributed by atoms with Crippen LogP contribution < -0.4 is 10.6 Å². The van der Waals surface area contributed by atoms with Crippen molar-refractivity contribution in [1.82, 2.24) is 20.4 Å². The SMILES string of the molecule is CN=C(NCc1ccc(CN2CCCC2)cc1)NCC(C)N1CCc2sccc2C1. The van der Waals surface area contributed by atoms with Gasteiger partial charge in [0, 0.05) is 50.7 Å². The molecule has 0 saturated carbocycles. The number of nitrogens with zero attached hydrogens (tertiary/aromatic N) is 3. The molecule has 5 nitrogen and oxygen atoms in total. The van der Waals surface area contributed by atoms with Gasteiger partial charge in [-0.15, -0.1) is 11.3 Å². The van der Waals surface area contributed by atoms with E-state index in [9.17, 15) is 0 Å². The molecule has 1 aromatic carbocycles. The second-order valence-electron chi connectivity index (χ2n) is 8.54. The van der Waals surface area contributed by atoms with Crippen molar-refractivity contribution in [3.63, 3.8) is 0 Å². The number of guanidine groups is 1. The molecule has 3 heterocycles. The van der Waals surface area contributed by atoms with Gasteiger partial charge in [0.15, 0.2) is 5.96 Å². The van der Waals surface area contributed by atoms with Crippen molar-refractivity contribution in [3.05, 3.63) is 57.3 Å². The van der Waals surface area contributed by atoms with E-state index in [0.717, 1.165) is 38.7 Å². The van der Waals surface area contributed by atoms with Gasteiger partial charge in [-0.1, -0.05) is 24.3 Å². The van der Waals surface area contributed by atoms with Crippen molar-refractivity contribution in [2.75, 3.05) is 33.2 Å². The zero-order chi connectivity index (χ0) is 20.8. The third kappa shape index (κ3) is 5.62. The van der Waals surface area contributed by atoms with E-state index in [1.54, 1.807) is 4.88 Å². The normalized spacial score (nSPS) is 18.9. The van der Waals surface area contributed by atoms with Gasteiger partial charge in [0.05, 0.1) is 0 Å². The fourth-order valence-corrected chi connectivity index (χ4v) is 5.28. The molecule has 0 radical (unpaired) electrons. The molecule has 162 valence electrons. The molecule has 1 saturated heterocycles. The van der Waals surface area contributed by atoms with Crippen LogP contribution in [0.4, 0.5) is 0 Å². The molecule has 1 atom stereocenters. The fourth-order valence-electron chi connectivity index (χ4n) is 4.39. The Kier molecular flexibility index (Phi) is 7.42. The molecule has 4 rings (SSSR count). The molecule has 2 aliphatic rings. The van der Waals surface area contributed by atoms with Crippen LogP contribution in [0, 0.1) is 0 Å². The van der Waals surface area contributed by atoms with Gasteiger partial charge in [0.25, 0.3) is 0 Å². The minimum atomic E-state index is 0.474. The van der Waals surface area contributed by atoms with E-state index < -0.39 is 0 Å². The third-order valence-electron chi connectivity index (χ3n) is 6.34. The maximum Gasteiger partial charge on any atom is 0.191 e. The lowest BCUT2D eigenvalue weighted by molar-refractivity contribution is 0.192. The molecule has 1 unspecified atom stereocenters. The monoisotopic (exact) mass is 425 g/mol. The minimum absolute atomic E-state index is 0.474. The van der Waals surface area contributed by atoms with Crippen LogP contribution in [0.2, 0.25) is 0 Å². The summed E-state index contributed by atoms with van der Waals surface area (Å²) in [6, 6.07) is 11.8. The molecular weight excluding hydrogens is 390 g/mol. The van der Waals surface area contributed by atoms with E-state index in [2.05, 4.69) is 68.1 Å². The third-order valence-corrected chi connectivity index (χ3v) is 7.36. The molecule has 2 N–H and O–H groups in total. The van der Waals surface area contributed by atoms with Crippen molar-refractivity contribution < 1.29 is 0 Å². The topological polar surface area (TPSA) is 42.9 Å². The molecule has 1 aromatic heterocycles. The first kappa shape index (κ1) is 21.3. The highest BCUT2D eigenvalue weighted by Crippen LogP contribution is 2.25. The fraction of sp³-hybridized carbons (Fsp3) is 0.542. The first-order valence-corrected chi connectivity index (χ1v) is 12.1. The number of hydrogen-bond donors (Lipinski definition) is 2. The summed E-state index contributed by atoms with van der Waals surface area (Å²) in [6.07, 6.45) is 3.87. The molecule has 1 fully saturated rings. The number of aliphatic imine (C=N–C) groups is 1. The second-order valence-corrected chi connectivity index (χ2v) is 9.55. The largest absolute Gasteiger partial charge is 0.355 e. The van der Waals surface area contributed by atoms with Crippen LogP contribution >= 0.6 is 11.3 Å². The zero-order valence-electron chi connectivity index (χ0n) is 18.4. The second kappa shape index (κ2) is 10.4. The molecule has 0 aliphatic carbocycles. The van der Waals surface area contributed by atoms with E-state index in [0.29, 0.717) is 6.04 Å². The van der Waals surface area contributed by atoms with Gasteiger partial charge in [0.2, 0.25) is 0 Å². The Morgan fingerprint density at radius 2 is 1.83 bits per heavy atom. The Labute approximate surface area is 185 Å². The van der Waals surface area contributed by atoms with Crippen LogP contribution in [0.3, 0.4) is 0 Å². The molecule has 6 heteroatoms. The molecular formula is C24H35N5S. The standard InChI is InChI=1S/C24H35N5S/c1-19(29-13-9-23-22(18-29)10-14-30-23)15-26-24(25-2)27-16-20-5-7-21(8-6-20)17-28-11-3-4-12-28/h5-8,10,14,19H,3-4,9,11-13,15-18H2,1-2H3,(H2,25,26,27). The highest BCUT2D eigenvalue weighted by atomic mass is 32.1. The summed E-state index contributed by atoms with van der Waals surface area (Å²) in [6.45, 7) is 9.78. The van der Waals surface area contributed by atoms with Gasteiger partial charge in [0.1, 0.15) is 0 Å². The van der Waals surface area contributed by atoms with Crippen molar-refractivity contribution in [2.24, 2.45) is 4.99 Å². The number of benzene rings is 1. The summed E-state index contributed by atoms with van der Waals surface area (Å²) >= 11 is 1.90. The van der Waals surface area contributed by atoms with Crippen LogP contribution in [0.1, 0.15) is 41.3 Å². The highest BCUT2D eigenvalue weighted by Gasteiger charge is 2.21. The van der Waals surface area contributed by atoms with Crippen molar-refractivity contribution in [3.8, 4) is 0 Å². The summed E-state index contributed by atoms with van der Waals surface area (Å²) in [4.78, 5) is 11.1. The van der Waals surface area contributed by atoms with Gasteiger partial charge >= 0.3 is 0 Å². The van der Waals surface area contributed by atoms with Gasteiger partial charge in [-0.25, -0.2) is 0 Å². The number of hydrogen-bond acceptors (Lipinski definition) is 4. The van der Waals surface area contributed by atoms with Crippen molar-refractivity contribution in [1.29, 1.82) is 0 Å². The van der Waals surface area contributed by atoms with Gasteiger partial charge in [-0.05, 0) is 67.4 Å². The van der Waals surface area contributed by atoms with Gasteiger partial charge in [-0.3, -0.25) is 14.8 Å². The molecule has 0 amide bonds.